The van der Waals surface area contributed by atoms with E-state index in [-0.39, 0.29) is 22.4 Å². The van der Waals surface area contributed by atoms with Gasteiger partial charge in [0.15, 0.2) is 23.1 Å². The number of benzene rings is 3. The van der Waals surface area contributed by atoms with Gasteiger partial charge in [0.05, 0.1) is 6.61 Å². The highest BCUT2D eigenvalue weighted by Gasteiger charge is 2.49. The van der Waals surface area contributed by atoms with Gasteiger partial charge in [-0.2, -0.15) is 0 Å². The summed E-state index contributed by atoms with van der Waals surface area (Å²) in [5.74, 6) is 1.09. The summed E-state index contributed by atoms with van der Waals surface area (Å²) >= 11 is 3.51. The Bertz CT molecular complexity index is 1760. The number of halogens is 1. The van der Waals surface area contributed by atoms with Crippen LogP contribution < -0.4 is 9.47 Å². The van der Waals surface area contributed by atoms with Crippen LogP contribution in [-0.4, -0.2) is 29.6 Å². The lowest BCUT2D eigenvalue weighted by atomic mass is 9.63. The monoisotopic (exact) mass is 721 g/mol. The second kappa shape index (κ2) is 14.1. The predicted octanol–water partition coefficient (Wildman–Crippen LogP) is 10.1. The molecular formula is C43H48BrNO4. The van der Waals surface area contributed by atoms with Crippen LogP contribution in [0.5, 0.6) is 11.5 Å². The molecule has 0 radical (unpaired) electrons. The van der Waals surface area contributed by atoms with E-state index in [4.69, 9.17) is 9.47 Å². The molecular weight excluding hydrogens is 674 g/mol. The molecule has 3 aromatic rings. The van der Waals surface area contributed by atoms with Crippen molar-refractivity contribution in [1.29, 1.82) is 0 Å². The van der Waals surface area contributed by atoms with E-state index in [0.717, 1.165) is 69.5 Å². The van der Waals surface area contributed by atoms with Crippen LogP contribution in [0, 0.1) is 10.8 Å². The molecule has 256 valence electrons. The topological polar surface area (TPSA) is 55.8 Å². The van der Waals surface area contributed by atoms with Crippen molar-refractivity contribution >= 4 is 27.5 Å². The Hall–Kier alpha value is -3.90. The van der Waals surface area contributed by atoms with Crippen molar-refractivity contribution in [2.75, 3.05) is 13.2 Å². The normalized spacial score (nSPS) is 18.7. The summed E-state index contributed by atoms with van der Waals surface area (Å²) in [6.45, 7) is 16.3. The molecule has 1 aliphatic heterocycles. The zero-order valence-electron chi connectivity index (χ0n) is 29.5. The third kappa shape index (κ3) is 7.50. The first-order chi connectivity index (χ1) is 23.4. The van der Waals surface area contributed by atoms with Crippen LogP contribution in [0.3, 0.4) is 0 Å². The summed E-state index contributed by atoms with van der Waals surface area (Å²) in [6, 6.07) is 22.7. The number of nitrogens with zero attached hydrogens (tertiary/aromatic N) is 1. The number of ether oxygens (including phenoxy) is 2. The third-order valence-electron chi connectivity index (χ3n) is 9.94. The Labute approximate surface area is 300 Å². The standard InChI is InChI=1S/C43H48BrNO4/c1-7-12-30-21-31(22-37(48-8-2)41(30)49-27-29-15-17-32(44)18-16-29)38-39-33(23-42(3,4)25-35(39)46)45(20-19-28-13-10-9-11-14-28)34-24-43(5,6)26-36(47)40(34)38/h7,9-11,13-18,21-22,38H,1,8,12,19-20,23-27H2,2-6H3. The molecule has 0 amide bonds. The summed E-state index contributed by atoms with van der Waals surface area (Å²) in [6.07, 6.45) is 5.69. The fourth-order valence-electron chi connectivity index (χ4n) is 7.86. The molecule has 6 heteroatoms. The van der Waals surface area contributed by atoms with Crippen LogP contribution in [-0.2, 0) is 29.0 Å². The fourth-order valence-corrected chi connectivity index (χ4v) is 8.12. The first-order valence-electron chi connectivity index (χ1n) is 17.5. The van der Waals surface area contributed by atoms with Crippen molar-refractivity contribution in [3.8, 4) is 11.5 Å². The minimum Gasteiger partial charge on any atom is -0.490 e. The fraction of sp³-hybridized carbons (Fsp3) is 0.395. The number of carbonyl (C=O) groups is 2. The molecule has 0 saturated heterocycles. The van der Waals surface area contributed by atoms with Crippen molar-refractivity contribution in [3.05, 3.63) is 129 Å². The highest BCUT2D eigenvalue weighted by atomic mass is 79.9. The molecule has 3 aliphatic rings. The van der Waals surface area contributed by atoms with Crippen molar-refractivity contribution in [2.45, 2.75) is 85.7 Å². The van der Waals surface area contributed by atoms with Gasteiger partial charge in [-0.15, -0.1) is 6.58 Å². The summed E-state index contributed by atoms with van der Waals surface area (Å²) in [5, 5.41) is 0. The third-order valence-corrected chi connectivity index (χ3v) is 10.5. The second-order valence-electron chi connectivity index (χ2n) is 15.3. The Balaban J connectivity index is 1.52. The van der Waals surface area contributed by atoms with Crippen LogP contribution in [0.2, 0.25) is 0 Å². The van der Waals surface area contributed by atoms with Crippen molar-refractivity contribution in [1.82, 2.24) is 4.90 Å². The maximum absolute atomic E-state index is 14.4. The van der Waals surface area contributed by atoms with E-state index in [1.165, 1.54) is 5.56 Å². The first-order valence-corrected chi connectivity index (χ1v) is 18.3. The number of Topliss-reactive ketones (excluding diaryl/α,β-unsaturated/α-hetero) is 2. The van der Waals surface area contributed by atoms with E-state index in [1.54, 1.807) is 0 Å². The molecule has 0 unspecified atom stereocenters. The Kier molecular flexibility index (Phi) is 10.1. The van der Waals surface area contributed by atoms with Gasteiger partial charge in [-0.3, -0.25) is 9.59 Å². The lowest BCUT2D eigenvalue weighted by molar-refractivity contribution is -0.119. The van der Waals surface area contributed by atoms with Gasteiger partial charge in [-0.05, 0) is 78.3 Å². The van der Waals surface area contributed by atoms with Crippen LogP contribution in [0.1, 0.15) is 88.5 Å². The van der Waals surface area contributed by atoms with Gasteiger partial charge in [-0.1, -0.05) is 98.2 Å². The molecule has 0 atom stereocenters. The lowest BCUT2D eigenvalue weighted by Crippen LogP contribution is -2.45. The Morgan fingerprint density at radius 2 is 1.45 bits per heavy atom. The van der Waals surface area contributed by atoms with Gasteiger partial charge in [0.1, 0.15) is 6.61 Å². The Morgan fingerprint density at radius 3 is 2.02 bits per heavy atom. The molecule has 1 heterocycles. The van der Waals surface area contributed by atoms with Gasteiger partial charge in [-0.25, -0.2) is 0 Å². The largest absolute Gasteiger partial charge is 0.490 e. The predicted molar refractivity (Wildman–Crippen MR) is 200 cm³/mol. The molecule has 0 spiro atoms. The first kappa shape index (κ1) is 34.9. The van der Waals surface area contributed by atoms with E-state index in [1.807, 2.05) is 49.4 Å². The number of rotatable bonds is 11. The van der Waals surface area contributed by atoms with Crippen molar-refractivity contribution in [2.24, 2.45) is 10.8 Å². The number of allylic oxidation sites excluding steroid dienone is 5. The van der Waals surface area contributed by atoms with E-state index in [0.29, 0.717) is 44.0 Å². The highest BCUT2D eigenvalue weighted by Crippen LogP contribution is 2.55. The molecule has 6 rings (SSSR count). The molecule has 0 bridgehead atoms. The van der Waals surface area contributed by atoms with Gasteiger partial charge < -0.3 is 14.4 Å². The molecule has 0 aromatic heterocycles. The van der Waals surface area contributed by atoms with Gasteiger partial charge in [0.2, 0.25) is 0 Å². The summed E-state index contributed by atoms with van der Waals surface area (Å²) in [7, 11) is 0. The maximum Gasteiger partial charge on any atom is 0.165 e. The number of hydrogen-bond donors (Lipinski definition) is 0. The minimum absolute atomic E-state index is 0.129. The van der Waals surface area contributed by atoms with Crippen LogP contribution >= 0.6 is 15.9 Å². The average Bonchev–Trinajstić information content (AvgIpc) is 3.03. The molecule has 0 N–H and O–H groups in total. The molecule has 49 heavy (non-hydrogen) atoms. The van der Waals surface area contributed by atoms with E-state index in [2.05, 4.69) is 85.4 Å². The van der Waals surface area contributed by atoms with Crippen LogP contribution in [0.25, 0.3) is 0 Å². The summed E-state index contributed by atoms with van der Waals surface area (Å²) in [5.41, 5.74) is 7.43. The molecule has 0 saturated carbocycles. The average molecular weight is 723 g/mol. The zero-order valence-corrected chi connectivity index (χ0v) is 31.1. The van der Waals surface area contributed by atoms with Gasteiger partial charge in [0.25, 0.3) is 0 Å². The van der Waals surface area contributed by atoms with Gasteiger partial charge in [0, 0.05) is 57.9 Å². The summed E-state index contributed by atoms with van der Waals surface area (Å²) in [4.78, 5) is 31.2. The number of carbonyl (C=O) groups excluding carboxylic acids is 2. The van der Waals surface area contributed by atoms with E-state index >= 15 is 0 Å². The van der Waals surface area contributed by atoms with E-state index < -0.39 is 5.92 Å². The molecule has 5 nitrogen and oxygen atoms in total. The zero-order chi connectivity index (χ0) is 34.9. The lowest BCUT2D eigenvalue weighted by Gasteiger charge is -2.49. The number of ketones is 2. The highest BCUT2D eigenvalue weighted by molar-refractivity contribution is 9.10. The van der Waals surface area contributed by atoms with Gasteiger partial charge >= 0.3 is 0 Å². The Morgan fingerprint density at radius 1 is 0.837 bits per heavy atom. The van der Waals surface area contributed by atoms with Crippen molar-refractivity contribution in [3.63, 3.8) is 0 Å². The quantitative estimate of drug-likeness (QED) is 0.185. The summed E-state index contributed by atoms with van der Waals surface area (Å²) < 4.78 is 13.8. The van der Waals surface area contributed by atoms with E-state index in [9.17, 15) is 9.59 Å². The van der Waals surface area contributed by atoms with Crippen LogP contribution in [0.4, 0.5) is 0 Å². The second-order valence-corrected chi connectivity index (χ2v) is 16.2. The molecule has 3 aromatic carbocycles. The minimum atomic E-state index is -0.464. The maximum atomic E-state index is 14.4. The number of hydrogen-bond acceptors (Lipinski definition) is 5. The van der Waals surface area contributed by atoms with Crippen LogP contribution in [0.15, 0.2) is 106 Å². The van der Waals surface area contributed by atoms with Crippen molar-refractivity contribution < 1.29 is 19.1 Å². The molecule has 2 aliphatic carbocycles. The SMILES string of the molecule is C=CCc1cc(C2C3=C(CC(C)(C)CC3=O)N(CCc3ccccc3)C3=C2C(=O)CC(C)(C)C3)cc(OCC)c1OCc1ccc(Br)cc1. The molecule has 0 fully saturated rings. The smallest absolute Gasteiger partial charge is 0.165 e.